The zero-order valence-corrected chi connectivity index (χ0v) is 10.7. The van der Waals surface area contributed by atoms with Crippen molar-refractivity contribution in [3.63, 3.8) is 0 Å². The normalized spacial score (nSPS) is 10.6. The Morgan fingerprint density at radius 2 is 2.33 bits per heavy atom. The second-order valence-electron chi connectivity index (χ2n) is 4.06. The van der Waals surface area contributed by atoms with E-state index in [0.29, 0.717) is 23.6 Å². The van der Waals surface area contributed by atoms with Gasteiger partial charge in [-0.05, 0) is 12.5 Å². The molecule has 2 aromatic rings. The molecule has 0 spiro atoms. The smallest absolute Gasteiger partial charge is 0.244 e. The number of anilines is 1. The second-order valence-corrected chi connectivity index (χ2v) is 4.06. The van der Waals surface area contributed by atoms with Gasteiger partial charge in [0.15, 0.2) is 5.52 Å². The van der Waals surface area contributed by atoms with Crippen LogP contribution in [0.3, 0.4) is 0 Å². The minimum Gasteiger partial charge on any atom is -0.479 e. The van der Waals surface area contributed by atoms with E-state index in [9.17, 15) is 4.79 Å². The SMILES string of the molecule is CCCC(=O)Nc1cc2cn(C)nc2c(OC)n1. The Kier molecular flexibility index (Phi) is 3.45. The van der Waals surface area contributed by atoms with E-state index < -0.39 is 0 Å². The molecule has 0 aliphatic carbocycles. The van der Waals surface area contributed by atoms with Crippen molar-refractivity contribution in [2.24, 2.45) is 7.05 Å². The third kappa shape index (κ3) is 2.42. The number of pyridine rings is 1. The van der Waals surface area contributed by atoms with E-state index in [0.717, 1.165) is 11.8 Å². The lowest BCUT2D eigenvalue weighted by atomic mass is 10.3. The number of hydrogen-bond acceptors (Lipinski definition) is 4. The van der Waals surface area contributed by atoms with E-state index >= 15 is 0 Å². The highest BCUT2D eigenvalue weighted by atomic mass is 16.5. The largest absolute Gasteiger partial charge is 0.479 e. The molecule has 1 amide bonds. The summed E-state index contributed by atoms with van der Waals surface area (Å²) < 4.78 is 6.87. The Hall–Kier alpha value is -2.11. The van der Waals surface area contributed by atoms with Gasteiger partial charge in [-0.1, -0.05) is 6.92 Å². The lowest BCUT2D eigenvalue weighted by Gasteiger charge is -2.06. The van der Waals surface area contributed by atoms with Crippen LogP contribution in [0.5, 0.6) is 5.88 Å². The minimum atomic E-state index is -0.0460. The molecule has 18 heavy (non-hydrogen) atoms. The summed E-state index contributed by atoms with van der Waals surface area (Å²) in [6.07, 6.45) is 3.14. The molecule has 0 aliphatic heterocycles. The third-order valence-electron chi connectivity index (χ3n) is 2.51. The number of amides is 1. The molecule has 6 heteroatoms. The molecule has 0 aliphatic rings. The van der Waals surface area contributed by atoms with Crippen molar-refractivity contribution in [2.75, 3.05) is 12.4 Å². The number of hydrogen-bond donors (Lipinski definition) is 1. The van der Waals surface area contributed by atoms with Crippen LogP contribution in [-0.2, 0) is 11.8 Å². The fourth-order valence-electron chi connectivity index (χ4n) is 1.76. The van der Waals surface area contributed by atoms with Crippen LogP contribution in [0.15, 0.2) is 12.3 Å². The highest BCUT2D eigenvalue weighted by Crippen LogP contribution is 2.24. The summed E-state index contributed by atoms with van der Waals surface area (Å²) in [6.45, 7) is 1.96. The van der Waals surface area contributed by atoms with Gasteiger partial charge >= 0.3 is 0 Å². The van der Waals surface area contributed by atoms with Crippen molar-refractivity contribution >= 4 is 22.6 Å². The fourth-order valence-corrected chi connectivity index (χ4v) is 1.76. The molecule has 96 valence electrons. The third-order valence-corrected chi connectivity index (χ3v) is 2.51. The predicted molar refractivity (Wildman–Crippen MR) is 68.6 cm³/mol. The number of carbonyl (C=O) groups is 1. The first-order chi connectivity index (χ1) is 8.63. The van der Waals surface area contributed by atoms with Crippen molar-refractivity contribution in [1.29, 1.82) is 0 Å². The highest BCUT2D eigenvalue weighted by molar-refractivity contribution is 5.93. The van der Waals surface area contributed by atoms with Gasteiger partial charge in [0.2, 0.25) is 11.8 Å². The van der Waals surface area contributed by atoms with E-state index in [1.807, 2.05) is 20.2 Å². The van der Waals surface area contributed by atoms with E-state index in [1.165, 1.54) is 7.11 Å². The Morgan fingerprint density at radius 3 is 3.00 bits per heavy atom. The van der Waals surface area contributed by atoms with Crippen LogP contribution in [0.4, 0.5) is 5.82 Å². The first kappa shape index (κ1) is 12.3. The predicted octanol–water partition coefficient (Wildman–Crippen LogP) is 1.72. The first-order valence-electron chi connectivity index (χ1n) is 5.82. The highest BCUT2D eigenvalue weighted by Gasteiger charge is 2.11. The summed E-state index contributed by atoms with van der Waals surface area (Å²) in [6, 6.07) is 1.79. The number of rotatable bonds is 4. The molecule has 2 aromatic heterocycles. The molecular formula is C12H16N4O2. The average Bonchev–Trinajstić information content (AvgIpc) is 2.68. The van der Waals surface area contributed by atoms with Gasteiger partial charge in [0.1, 0.15) is 5.82 Å². The molecule has 0 radical (unpaired) electrons. The molecule has 2 heterocycles. The van der Waals surface area contributed by atoms with Gasteiger partial charge in [0.25, 0.3) is 0 Å². The number of methoxy groups -OCH3 is 1. The second kappa shape index (κ2) is 5.03. The van der Waals surface area contributed by atoms with E-state index in [4.69, 9.17) is 4.74 Å². The van der Waals surface area contributed by atoms with Crippen LogP contribution in [0, 0.1) is 0 Å². The van der Waals surface area contributed by atoms with Crippen molar-refractivity contribution < 1.29 is 9.53 Å². The van der Waals surface area contributed by atoms with Crippen LogP contribution in [0.2, 0.25) is 0 Å². The summed E-state index contributed by atoms with van der Waals surface area (Å²) in [5.41, 5.74) is 0.688. The van der Waals surface area contributed by atoms with Gasteiger partial charge in [0, 0.05) is 25.1 Å². The van der Waals surface area contributed by atoms with Crippen LogP contribution >= 0.6 is 0 Å². The van der Waals surface area contributed by atoms with Gasteiger partial charge in [-0.15, -0.1) is 0 Å². The maximum absolute atomic E-state index is 11.5. The van der Waals surface area contributed by atoms with Crippen molar-refractivity contribution in [3.8, 4) is 5.88 Å². The fraction of sp³-hybridized carbons (Fsp3) is 0.417. The first-order valence-corrected chi connectivity index (χ1v) is 5.82. The Balaban J connectivity index is 2.37. The van der Waals surface area contributed by atoms with E-state index in [1.54, 1.807) is 10.7 Å². The molecular weight excluding hydrogens is 232 g/mol. The zero-order valence-electron chi connectivity index (χ0n) is 10.7. The van der Waals surface area contributed by atoms with Crippen molar-refractivity contribution in [2.45, 2.75) is 19.8 Å². The molecule has 0 saturated heterocycles. The topological polar surface area (TPSA) is 69.0 Å². The summed E-state index contributed by atoms with van der Waals surface area (Å²) in [5, 5.41) is 7.89. The van der Waals surface area contributed by atoms with Gasteiger partial charge < -0.3 is 10.1 Å². The van der Waals surface area contributed by atoms with Crippen LogP contribution < -0.4 is 10.1 Å². The number of aromatic nitrogens is 3. The molecule has 2 rings (SSSR count). The molecule has 0 unspecified atom stereocenters. The Morgan fingerprint density at radius 1 is 1.56 bits per heavy atom. The Bertz CT molecular complexity index is 577. The molecule has 0 bridgehead atoms. The van der Waals surface area contributed by atoms with Gasteiger partial charge in [-0.25, -0.2) is 0 Å². The minimum absolute atomic E-state index is 0.0460. The van der Waals surface area contributed by atoms with Crippen LogP contribution in [0.25, 0.3) is 10.9 Å². The summed E-state index contributed by atoms with van der Waals surface area (Å²) in [5.74, 6) is 0.862. The average molecular weight is 248 g/mol. The molecule has 0 atom stereocenters. The maximum atomic E-state index is 11.5. The maximum Gasteiger partial charge on any atom is 0.244 e. The summed E-state index contributed by atoms with van der Waals surface area (Å²) in [4.78, 5) is 15.8. The van der Waals surface area contributed by atoms with E-state index in [2.05, 4.69) is 15.4 Å². The molecule has 0 aromatic carbocycles. The summed E-state index contributed by atoms with van der Waals surface area (Å²) in [7, 11) is 3.36. The Labute approximate surface area is 105 Å². The quantitative estimate of drug-likeness (QED) is 0.894. The summed E-state index contributed by atoms with van der Waals surface area (Å²) >= 11 is 0. The molecule has 6 nitrogen and oxygen atoms in total. The van der Waals surface area contributed by atoms with Gasteiger partial charge in [0.05, 0.1) is 7.11 Å². The van der Waals surface area contributed by atoms with Crippen LogP contribution in [-0.4, -0.2) is 27.8 Å². The van der Waals surface area contributed by atoms with Gasteiger partial charge in [-0.3, -0.25) is 9.48 Å². The lowest BCUT2D eigenvalue weighted by molar-refractivity contribution is -0.116. The number of ether oxygens (including phenoxy) is 1. The number of nitrogens with zero attached hydrogens (tertiary/aromatic N) is 3. The van der Waals surface area contributed by atoms with Crippen LogP contribution in [0.1, 0.15) is 19.8 Å². The number of fused-ring (bicyclic) bond motifs is 1. The molecule has 0 fully saturated rings. The zero-order chi connectivity index (χ0) is 13.1. The monoisotopic (exact) mass is 248 g/mol. The van der Waals surface area contributed by atoms with Crippen molar-refractivity contribution in [1.82, 2.24) is 14.8 Å². The number of nitrogens with one attached hydrogen (secondary N) is 1. The number of carbonyl (C=O) groups excluding carboxylic acids is 1. The molecule has 0 saturated carbocycles. The van der Waals surface area contributed by atoms with Gasteiger partial charge in [-0.2, -0.15) is 10.1 Å². The van der Waals surface area contributed by atoms with E-state index in [-0.39, 0.29) is 5.91 Å². The van der Waals surface area contributed by atoms with Crippen molar-refractivity contribution in [3.05, 3.63) is 12.3 Å². The number of aryl methyl sites for hydroxylation is 1. The standard InChI is InChI=1S/C12H16N4O2/c1-4-5-10(17)13-9-6-8-7-16(2)15-11(8)12(14-9)18-3/h6-7H,4-5H2,1-3H3,(H,13,17). The molecule has 1 N–H and O–H groups in total. The lowest BCUT2D eigenvalue weighted by Crippen LogP contribution is -2.12.